The van der Waals surface area contributed by atoms with E-state index in [0.717, 1.165) is 31.6 Å². The topological polar surface area (TPSA) is 47.0 Å². The Bertz CT molecular complexity index is 696. The largest absolute Gasteiger partial charge is 0.416 e. The van der Waals surface area contributed by atoms with Crippen molar-refractivity contribution in [1.29, 1.82) is 0 Å². The number of fused-ring (bicyclic) bond motifs is 1. The standard InChI is InChI=1S/C14H15F3N2O2/c15-14(16,17)10-3-4-12-11(6-10)18-13(20)19(12)7-9-2-1-5-21-8-9/h3-4,6,9H,1-2,5,7-8H2,(H,18,20). The van der Waals surface area contributed by atoms with E-state index in [-0.39, 0.29) is 17.1 Å². The fourth-order valence-corrected chi connectivity index (χ4v) is 2.73. The quantitative estimate of drug-likeness (QED) is 0.927. The van der Waals surface area contributed by atoms with E-state index in [1.54, 1.807) is 0 Å². The lowest BCUT2D eigenvalue weighted by atomic mass is 10.0. The summed E-state index contributed by atoms with van der Waals surface area (Å²) in [5.74, 6) is 0.220. The molecule has 1 aliphatic heterocycles. The van der Waals surface area contributed by atoms with Crippen molar-refractivity contribution in [2.24, 2.45) is 5.92 Å². The first kappa shape index (κ1) is 14.2. The Morgan fingerprint density at radius 1 is 1.38 bits per heavy atom. The van der Waals surface area contributed by atoms with E-state index in [2.05, 4.69) is 4.98 Å². The molecule has 3 rings (SSSR count). The van der Waals surface area contributed by atoms with Crippen LogP contribution in [-0.2, 0) is 17.5 Å². The van der Waals surface area contributed by atoms with E-state index in [1.165, 1.54) is 10.6 Å². The van der Waals surface area contributed by atoms with Crippen LogP contribution in [0, 0.1) is 5.92 Å². The number of rotatable bonds is 2. The Hall–Kier alpha value is -1.76. The van der Waals surface area contributed by atoms with Crippen molar-refractivity contribution >= 4 is 11.0 Å². The summed E-state index contributed by atoms with van der Waals surface area (Å²) in [6, 6.07) is 3.33. The minimum atomic E-state index is -4.41. The van der Waals surface area contributed by atoms with Gasteiger partial charge in [0, 0.05) is 19.1 Å². The number of nitrogens with zero attached hydrogens (tertiary/aromatic N) is 1. The summed E-state index contributed by atoms with van der Waals surface area (Å²) in [6.07, 6.45) is -2.51. The predicted molar refractivity (Wildman–Crippen MR) is 71.1 cm³/mol. The number of H-pyrrole nitrogens is 1. The van der Waals surface area contributed by atoms with Crippen LogP contribution in [0.2, 0.25) is 0 Å². The summed E-state index contributed by atoms with van der Waals surface area (Å²) >= 11 is 0. The summed E-state index contributed by atoms with van der Waals surface area (Å²) in [6.45, 7) is 1.78. The van der Waals surface area contributed by atoms with Gasteiger partial charge in [-0.05, 0) is 31.0 Å². The lowest BCUT2D eigenvalue weighted by Gasteiger charge is -2.22. The van der Waals surface area contributed by atoms with Crippen molar-refractivity contribution in [3.63, 3.8) is 0 Å². The van der Waals surface area contributed by atoms with Gasteiger partial charge in [-0.2, -0.15) is 13.2 Å². The molecule has 1 saturated heterocycles. The Kier molecular flexibility index (Phi) is 3.52. The zero-order valence-corrected chi connectivity index (χ0v) is 11.2. The number of aromatic nitrogens is 2. The number of benzene rings is 1. The molecular formula is C14H15F3N2O2. The Morgan fingerprint density at radius 2 is 2.19 bits per heavy atom. The van der Waals surface area contributed by atoms with Gasteiger partial charge in [-0.25, -0.2) is 4.79 Å². The van der Waals surface area contributed by atoms with E-state index in [9.17, 15) is 18.0 Å². The number of halogens is 3. The number of aromatic amines is 1. The fraction of sp³-hybridized carbons (Fsp3) is 0.500. The molecule has 0 saturated carbocycles. The van der Waals surface area contributed by atoms with Crippen LogP contribution in [0.4, 0.5) is 13.2 Å². The van der Waals surface area contributed by atoms with E-state index < -0.39 is 11.7 Å². The molecule has 1 atom stereocenters. The molecule has 0 bridgehead atoms. The molecule has 0 aliphatic carbocycles. The van der Waals surface area contributed by atoms with Gasteiger partial charge in [0.1, 0.15) is 0 Å². The monoisotopic (exact) mass is 300 g/mol. The fourth-order valence-electron chi connectivity index (χ4n) is 2.73. The smallest absolute Gasteiger partial charge is 0.381 e. The number of ether oxygens (including phenoxy) is 1. The van der Waals surface area contributed by atoms with Crippen molar-refractivity contribution in [3.8, 4) is 0 Å². The van der Waals surface area contributed by atoms with Crippen molar-refractivity contribution in [2.75, 3.05) is 13.2 Å². The third-order valence-corrected chi connectivity index (χ3v) is 3.80. The lowest BCUT2D eigenvalue weighted by Crippen LogP contribution is -2.27. The molecule has 1 unspecified atom stereocenters. The summed E-state index contributed by atoms with van der Waals surface area (Å²) in [7, 11) is 0. The van der Waals surface area contributed by atoms with Gasteiger partial charge in [0.15, 0.2) is 0 Å². The Morgan fingerprint density at radius 3 is 2.86 bits per heavy atom. The third kappa shape index (κ3) is 2.83. The molecule has 114 valence electrons. The van der Waals surface area contributed by atoms with Gasteiger partial charge in [-0.1, -0.05) is 0 Å². The molecule has 1 aromatic heterocycles. The van der Waals surface area contributed by atoms with Gasteiger partial charge in [0.2, 0.25) is 0 Å². The zero-order chi connectivity index (χ0) is 15.0. The van der Waals surface area contributed by atoms with Gasteiger partial charge in [-0.3, -0.25) is 4.57 Å². The van der Waals surface area contributed by atoms with Crippen molar-refractivity contribution in [3.05, 3.63) is 34.2 Å². The molecule has 4 nitrogen and oxygen atoms in total. The van der Waals surface area contributed by atoms with Crippen LogP contribution in [0.25, 0.3) is 11.0 Å². The maximum Gasteiger partial charge on any atom is 0.416 e. The molecule has 7 heteroatoms. The molecule has 1 fully saturated rings. The highest BCUT2D eigenvalue weighted by Gasteiger charge is 2.31. The van der Waals surface area contributed by atoms with Crippen LogP contribution in [0.15, 0.2) is 23.0 Å². The van der Waals surface area contributed by atoms with Crippen LogP contribution >= 0.6 is 0 Å². The number of hydrogen-bond donors (Lipinski definition) is 1. The molecule has 1 aliphatic rings. The second-order valence-corrected chi connectivity index (χ2v) is 5.35. The van der Waals surface area contributed by atoms with E-state index in [0.29, 0.717) is 18.7 Å². The highest BCUT2D eigenvalue weighted by atomic mass is 19.4. The SMILES string of the molecule is O=c1[nH]c2cc(C(F)(F)F)ccc2n1CC1CCCOC1. The van der Waals surface area contributed by atoms with E-state index in [1.807, 2.05) is 0 Å². The first-order valence-corrected chi connectivity index (χ1v) is 6.82. The van der Waals surface area contributed by atoms with Crippen molar-refractivity contribution < 1.29 is 17.9 Å². The van der Waals surface area contributed by atoms with Crippen LogP contribution in [-0.4, -0.2) is 22.8 Å². The van der Waals surface area contributed by atoms with Crippen LogP contribution in [0.3, 0.4) is 0 Å². The minimum Gasteiger partial charge on any atom is -0.381 e. The molecule has 1 N–H and O–H groups in total. The molecule has 0 radical (unpaired) electrons. The van der Waals surface area contributed by atoms with Crippen LogP contribution in [0.1, 0.15) is 18.4 Å². The molecule has 0 spiro atoms. The normalized spacial score (nSPS) is 20.0. The maximum absolute atomic E-state index is 12.7. The molecule has 2 heterocycles. The number of alkyl halides is 3. The first-order chi connectivity index (χ1) is 9.95. The first-order valence-electron chi connectivity index (χ1n) is 6.82. The summed E-state index contributed by atoms with van der Waals surface area (Å²) in [5, 5.41) is 0. The minimum absolute atomic E-state index is 0.214. The van der Waals surface area contributed by atoms with Gasteiger partial charge in [-0.15, -0.1) is 0 Å². The van der Waals surface area contributed by atoms with Gasteiger partial charge in [0.25, 0.3) is 0 Å². The summed E-state index contributed by atoms with van der Waals surface area (Å²) < 4.78 is 44.9. The summed E-state index contributed by atoms with van der Waals surface area (Å²) in [4.78, 5) is 14.5. The average Bonchev–Trinajstić information content (AvgIpc) is 2.75. The Balaban J connectivity index is 1.95. The van der Waals surface area contributed by atoms with Gasteiger partial charge in [0.05, 0.1) is 23.2 Å². The number of hydrogen-bond acceptors (Lipinski definition) is 2. The molecule has 2 aromatic rings. The lowest BCUT2D eigenvalue weighted by molar-refractivity contribution is -0.137. The average molecular weight is 300 g/mol. The molecular weight excluding hydrogens is 285 g/mol. The van der Waals surface area contributed by atoms with Crippen LogP contribution in [0.5, 0.6) is 0 Å². The maximum atomic E-state index is 12.7. The molecule has 0 amide bonds. The van der Waals surface area contributed by atoms with Gasteiger partial charge >= 0.3 is 11.9 Å². The predicted octanol–water partition coefficient (Wildman–Crippen LogP) is 2.78. The van der Waals surface area contributed by atoms with Crippen molar-refractivity contribution in [2.45, 2.75) is 25.6 Å². The third-order valence-electron chi connectivity index (χ3n) is 3.80. The zero-order valence-electron chi connectivity index (χ0n) is 11.2. The second kappa shape index (κ2) is 5.22. The number of nitrogens with one attached hydrogen (secondary N) is 1. The van der Waals surface area contributed by atoms with E-state index in [4.69, 9.17) is 4.74 Å². The van der Waals surface area contributed by atoms with Gasteiger partial charge < -0.3 is 9.72 Å². The molecule has 21 heavy (non-hydrogen) atoms. The van der Waals surface area contributed by atoms with Crippen molar-refractivity contribution in [1.82, 2.24) is 9.55 Å². The highest BCUT2D eigenvalue weighted by molar-refractivity contribution is 5.76. The number of imidazole rings is 1. The highest BCUT2D eigenvalue weighted by Crippen LogP contribution is 2.31. The van der Waals surface area contributed by atoms with E-state index >= 15 is 0 Å². The summed E-state index contributed by atoms with van der Waals surface area (Å²) in [5.41, 5.74) is -0.426. The molecule has 1 aromatic carbocycles. The second-order valence-electron chi connectivity index (χ2n) is 5.35. The Labute approximate surface area is 118 Å². The van der Waals surface area contributed by atoms with Crippen LogP contribution < -0.4 is 5.69 Å².